The van der Waals surface area contributed by atoms with Gasteiger partial charge in [0, 0.05) is 16.2 Å². The van der Waals surface area contributed by atoms with E-state index in [0.717, 1.165) is 31.6 Å². The van der Waals surface area contributed by atoms with E-state index in [9.17, 15) is 5.26 Å². The smallest absolute Gasteiger partial charge is 0.0693 e. The number of thiophene rings is 1. The van der Waals surface area contributed by atoms with Crippen LogP contribution in [0.5, 0.6) is 0 Å². The fraction of sp³-hybridized carbons (Fsp3) is 0.722. The molecule has 1 nitrogen and oxygen atoms in total. The fourth-order valence-electron chi connectivity index (χ4n) is 3.41. The Labute approximate surface area is 128 Å². The third-order valence-electron chi connectivity index (χ3n) is 4.98. The topological polar surface area (TPSA) is 23.8 Å². The number of hydrogen-bond donors (Lipinski definition) is 0. The largest absolute Gasteiger partial charge is 0.198 e. The van der Waals surface area contributed by atoms with Crippen LogP contribution in [0.15, 0.2) is 12.1 Å². The van der Waals surface area contributed by atoms with Crippen molar-refractivity contribution in [2.75, 3.05) is 0 Å². The lowest BCUT2D eigenvalue weighted by atomic mass is 9.63. The maximum atomic E-state index is 9.71. The molecule has 0 N–H and O–H groups in total. The second kappa shape index (κ2) is 5.90. The molecule has 1 aliphatic carbocycles. The van der Waals surface area contributed by atoms with Gasteiger partial charge in [0.25, 0.3) is 0 Å². The normalized spacial score (nSPS) is 27.2. The lowest BCUT2D eigenvalue weighted by Gasteiger charge is -2.40. The van der Waals surface area contributed by atoms with Gasteiger partial charge >= 0.3 is 0 Å². The molecule has 0 aromatic carbocycles. The summed E-state index contributed by atoms with van der Waals surface area (Å²) in [4.78, 5) is 2.84. The van der Waals surface area contributed by atoms with E-state index in [0.29, 0.717) is 5.41 Å². The quantitative estimate of drug-likeness (QED) is 0.710. The van der Waals surface area contributed by atoms with Crippen LogP contribution in [0, 0.1) is 28.1 Å². The molecule has 2 heteroatoms. The highest BCUT2D eigenvalue weighted by Crippen LogP contribution is 2.47. The number of aryl methyl sites for hydroxylation is 1. The Balaban J connectivity index is 2.04. The third kappa shape index (κ3) is 3.44. The first-order valence-corrected chi connectivity index (χ1v) is 8.69. The first-order chi connectivity index (χ1) is 9.38. The van der Waals surface area contributed by atoms with Crippen molar-refractivity contribution in [3.8, 4) is 6.07 Å². The Bertz CT molecular complexity index is 478. The third-order valence-corrected chi connectivity index (χ3v) is 6.21. The van der Waals surface area contributed by atoms with Crippen LogP contribution in [0.1, 0.15) is 63.1 Å². The van der Waals surface area contributed by atoms with Gasteiger partial charge in [-0.25, -0.2) is 0 Å². The molecule has 1 saturated carbocycles. The maximum absolute atomic E-state index is 9.71. The van der Waals surface area contributed by atoms with Crippen LogP contribution in [-0.2, 0) is 12.8 Å². The molecule has 1 aromatic rings. The Morgan fingerprint density at radius 2 is 1.85 bits per heavy atom. The first kappa shape index (κ1) is 15.6. The summed E-state index contributed by atoms with van der Waals surface area (Å²) in [5.41, 5.74) is 0.289. The Morgan fingerprint density at radius 3 is 2.30 bits per heavy atom. The van der Waals surface area contributed by atoms with E-state index >= 15 is 0 Å². The Morgan fingerprint density at radius 1 is 1.25 bits per heavy atom. The van der Waals surface area contributed by atoms with Gasteiger partial charge < -0.3 is 0 Å². The molecule has 0 unspecified atom stereocenters. The molecule has 1 fully saturated rings. The molecule has 0 aliphatic heterocycles. The van der Waals surface area contributed by atoms with Gasteiger partial charge in [0.1, 0.15) is 0 Å². The average molecular weight is 289 g/mol. The van der Waals surface area contributed by atoms with Gasteiger partial charge in [-0.05, 0) is 55.6 Å². The zero-order valence-electron chi connectivity index (χ0n) is 13.3. The molecular formula is C18H27NS. The molecule has 0 saturated heterocycles. The highest BCUT2D eigenvalue weighted by Gasteiger charge is 2.39. The summed E-state index contributed by atoms with van der Waals surface area (Å²) in [6.45, 7) is 9.21. The number of nitriles is 1. The minimum absolute atomic E-state index is 0.0996. The van der Waals surface area contributed by atoms with Crippen LogP contribution in [0.25, 0.3) is 0 Å². The van der Waals surface area contributed by atoms with Crippen molar-refractivity contribution >= 4 is 11.3 Å². The van der Waals surface area contributed by atoms with Gasteiger partial charge in [-0.15, -0.1) is 11.3 Å². The van der Waals surface area contributed by atoms with E-state index < -0.39 is 0 Å². The van der Waals surface area contributed by atoms with Gasteiger partial charge in [0.15, 0.2) is 0 Å². The van der Waals surface area contributed by atoms with Crippen molar-refractivity contribution in [1.82, 2.24) is 0 Å². The van der Waals surface area contributed by atoms with Crippen LogP contribution in [0.4, 0.5) is 0 Å². The summed E-state index contributed by atoms with van der Waals surface area (Å²) in [6.07, 6.45) is 6.64. The minimum atomic E-state index is -0.0996. The van der Waals surface area contributed by atoms with Crippen molar-refractivity contribution in [3.63, 3.8) is 0 Å². The molecule has 1 aromatic heterocycles. The predicted octanol–water partition coefficient (Wildman–Crippen LogP) is 5.60. The van der Waals surface area contributed by atoms with E-state index in [1.165, 1.54) is 22.6 Å². The van der Waals surface area contributed by atoms with Crippen LogP contribution in [0.3, 0.4) is 0 Å². The second-order valence-electron chi connectivity index (χ2n) is 7.43. The molecule has 1 aliphatic rings. The lowest BCUT2D eigenvalue weighted by molar-refractivity contribution is 0.121. The van der Waals surface area contributed by atoms with Crippen LogP contribution >= 0.6 is 11.3 Å². The molecule has 1 heterocycles. The van der Waals surface area contributed by atoms with Crippen molar-refractivity contribution in [2.45, 2.75) is 66.2 Å². The standard InChI is InChI=1S/C18H27NS/c1-5-15-6-7-16(20-15)12-18(13-19)10-8-14(9-11-18)17(2,3)4/h6-7,14H,5,8-12H2,1-4H3. The van der Waals surface area contributed by atoms with Crippen LogP contribution < -0.4 is 0 Å². The van der Waals surface area contributed by atoms with Crippen LogP contribution in [0.2, 0.25) is 0 Å². The van der Waals surface area contributed by atoms with Crippen LogP contribution in [-0.4, -0.2) is 0 Å². The summed E-state index contributed by atoms with van der Waals surface area (Å²) in [5.74, 6) is 0.776. The minimum Gasteiger partial charge on any atom is -0.198 e. The van der Waals surface area contributed by atoms with E-state index in [2.05, 4.69) is 45.9 Å². The predicted molar refractivity (Wildman–Crippen MR) is 86.9 cm³/mol. The highest BCUT2D eigenvalue weighted by atomic mass is 32.1. The molecule has 0 bridgehead atoms. The summed E-state index contributed by atoms with van der Waals surface area (Å²) in [6, 6.07) is 7.13. The van der Waals surface area contributed by atoms with Crippen molar-refractivity contribution in [3.05, 3.63) is 21.9 Å². The van der Waals surface area contributed by atoms with Crippen molar-refractivity contribution < 1.29 is 0 Å². The summed E-state index contributed by atoms with van der Waals surface area (Å²) < 4.78 is 0. The molecule has 0 radical (unpaired) electrons. The van der Waals surface area contributed by atoms with Gasteiger partial charge in [-0.2, -0.15) is 5.26 Å². The molecule has 2 rings (SSSR count). The second-order valence-corrected chi connectivity index (χ2v) is 8.68. The number of rotatable bonds is 3. The van der Waals surface area contributed by atoms with Gasteiger partial charge in [0.2, 0.25) is 0 Å². The molecule has 0 amide bonds. The average Bonchev–Trinajstić information content (AvgIpc) is 2.85. The number of nitrogens with zero attached hydrogens (tertiary/aromatic N) is 1. The fourth-order valence-corrected chi connectivity index (χ4v) is 4.51. The van der Waals surface area contributed by atoms with E-state index in [-0.39, 0.29) is 5.41 Å². The molecule has 0 spiro atoms. The molecule has 20 heavy (non-hydrogen) atoms. The van der Waals surface area contributed by atoms with Gasteiger partial charge in [-0.3, -0.25) is 0 Å². The Hall–Kier alpha value is -0.810. The molecule has 0 atom stereocenters. The maximum Gasteiger partial charge on any atom is 0.0693 e. The van der Waals surface area contributed by atoms with E-state index in [4.69, 9.17) is 0 Å². The highest BCUT2D eigenvalue weighted by molar-refractivity contribution is 7.11. The van der Waals surface area contributed by atoms with Crippen molar-refractivity contribution in [2.24, 2.45) is 16.7 Å². The SMILES string of the molecule is CCc1ccc(CC2(C#N)CCC(C(C)(C)C)CC2)s1. The zero-order valence-corrected chi connectivity index (χ0v) is 14.1. The van der Waals surface area contributed by atoms with E-state index in [1.54, 1.807) is 0 Å². The first-order valence-electron chi connectivity index (χ1n) is 7.87. The summed E-state index contributed by atoms with van der Waals surface area (Å²) >= 11 is 1.90. The lowest BCUT2D eigenvalue weighted by Crippen LogP contribution is -2.33. The summed E-state index contributed by atoms with van der Waals surface area (Å²) in [5, 5.41) is 9.71. The van der Waals surface area contributed by atoms with Gasteiger partial charge in [0.05, 0.1) is 11.5 Å². The zero-order chi connectivity index (χ0) is 14.8. The van der Waals surface area contributed by atoms with Gasteiger partial charge in [-0.1, -0.05) is 27.7 Å². The van der Waals surface area contributed by atoms with Crippen molar-refractivity contribution in [1.29, 1.82) is 5.26 Å². The monoisotopic (exact) mass is 289 g/mol. The molecule has 110 valence electrons. The Kier molecular flexibility index (Phi) is 4.59. The summed E-state index contributed by atoms with van der Waals surface area (Å²) in [7, 11) is 0. The molecular weight excluding hydrogens is 262 g/mol. The van der Waals surface area contributed by atoms with E-state index in [1.807, 2.05) is 11.3 Å². The number of hydrogen-bond acceptors (Lipinski definition) is 2.